The van der Waals surface area contributed by atoms with Crippen molar-refractivity contribution in [2.24, 2.45) is 0 Å². The highest BCUT2D eigenvalue weighted by Crippen LogP contribution is 2.28. The Balaban J connectivity index is 2.51. The normalized spacial score (nSPS) is 10.7. The molecule has 0 radical (unpaired) electrons. The van der Waals surface area contributed by atoms with Crippen LogP contribution in [0.15, 0.2) is 36.4 Å². The number of halogens is 1. The van der Waals surface area contributed by atoms with Crippen LogP contribution in [0, 0.1) is 19.7 Å². The van der Waals surface area contributed by atoms with Gasteiger partial charge in [0.25, 0.3) is 0 Å². The molecule has 0 atom stereocenters. The minimum atomic E-state index is -0.167. The Morgan fingerprint density at radius 2 is 1.72 bits per heavy atom. The topological polar surface area (TPSA) is 12.0 Å². The van der Waals surface area contributed by atoms with E-state index < -0.39 is 0 Å². The SMILES string of the molecule is CNCc1cccc(-c2c(C)cc(F)cc2C)c1. The summed E-state index contributed by atoms with van der Waals surface area (Å²) in [5.74, 6) is -0.167. The molecule has 0 aliphatic heterocycles. The van der Waals surface area contributed by atoms with Gasteiger partial charge in [0, 0.05) is 6.54 Å². The van der Waals surface area contributed by atoms with E-state index in [2.05, 4.69) is 23.5 Å². The maximum absolute atomic E-state index is 13.3. The third-order valence-corrected chi connectivity index (χ3v) is 3.09. The van der Waals surface area contributed by atoms with E-state index in [1.165, 1.54) is 5.56 Å². The van der Waals surface area contributed by atoms with Gasteiger partial charge in [-0.05, 0) is 66.9 Å². The zero-order valence-corrected chi connectivity index (χ0v) is 11.0. The van der Waals surface area contributed by atoms with Crippen molar-refractivity contribution in [1.29, 1.82) is 0 Å². The predicted octanol–water partition coefficient (Wildman–Crippen LogP) is 3.83. The minimum absolute atomic E-state index is 0.167. The van der Waals surface area contributed by atoms with Crippen molar-refractivity contribution in [3.05, 3.63) is 58.9 Å². The maximum atomic E-state index is 13.3. The molecule has 0 fully saturated rings. The lowest BCUT2D eigenvalue weighted by Crippen LogP contribution is -2.04. The van der Waals surface area contributed by atoms with Gasteiger partial charge in [0.1, 0.15) is 5.82 Å². The van der Waals surface area contributed by atoms with Gasteiger partial charge in [-0.3, -0.25) is 0 Å². The first kappa shape index (κ1) is 12.8. The van der Waals surface area contributed by atoms with E-state index in [9.17, 15) is 4.39 Å². The van der Waals surface area contributed by atoms with Gasteiger partial charge in [-0.1, -0.05) is 18.2 Å². The smallest absolute Gasteiger partial charge is 0.123 e. The van der Waals surface area contributed by atoms with Crippen molar-refractivity contribution in [2.75, 3.05) is 7.05 Å². The summed E-state index contributed by atoms with van der Waals surface area (Å²) in [4.78, 5) is 0. The second-order valence-corrected chi connectivity index (χ2v) is 4.65. The Morgan fingerprint density at radius 3 is 2.33 bits per heavy atom. The maximum Gasteiger partial charge on any atom is 0.123 e. The Kier molecular flexibility index (Phi) is 3.78. The third kappa shape index (κ3) is 2.59. The lowest BCUT2D eigenvalue weighted by Gasteiger charge is -2.12. The molecule has 0 heterocycles. The van der Waals surface area contributed by atoms with Crippen LogP contribution in [0.2, 0.25) is 0 Å². The quantitative estimate of drug-likeness (QED) is 0.864. The molecule has 0 aliphatic carbocycles. The zero-order valence-electron chi connectivity index (χ0n) is 11.0. The summed E-state index contributed by atoms with van der Waals surface area (Å²) < 4.78 is 13.3. The van der Waals surface area contributed by atoms with E-state index in [-0.39, 0.29) is 5.82 Å². The van der Waals surface area contributed by atoms with Crippen LogP contribution >= 0.6 is 0 Å². The molecule has 0 unspecified atom stereocenters. The summed E-state index contributed by atoms with van der Waals surface area (Å²) in [6.45, 7) is 4.75. The van der Waals surface area contributed by atoms with Gasteiger partial charge in [-0.25, -0.2) is 4.39 Å². The molecule has 0 saturated heterocycles. The first-order valence-corrected chi connectivity index (χ1v) is 6.12. The van der Waals surface area contributed by atoms with Crippen LogP contribution in [-0.2, 0) is 6.54 Å². The summed E-state index contributed by atoms with van der Waals surface area (Å²) >= 11 is 0. The standard InChI is InChI=1S/C16H18FN/c1-11-7-15(17)8-12(2)16(11)14-6-4-5-13(9-14)10-18-3/h4-9,18H,10H2,1-3H3. The molecule has 2 rings (SSSR count). The largest absolute Gasteiger partial charge is 0.316 e. The van der Waals surface area contributed by atoms with E-state index in [4.69, 9.17) is 0 Å². The number of nitrogens with one attached hydrogen (secondary N) is 1. The van der Waals surface area contributed by atoms with Crippen molar-refractivity contribution in [1.82, 2.24) is 5.32 Å². The van der Waals surface area contributed by atoms with E-state index in [1.54, 1.807) is 12.1 Å². The molecule has 18 heavy (non-hydrogen) atoms. The monoisotopic (exact) mass is 243 g/mol. The van der Waals surface area contributed by atoms with Crippen molar-refractivity contribution in [2.45, 2.75) is 20.4 Å². The Morgan fingerprint density at radius 1 is 1.06 bits per heavy atom. The number of rotatable bonds is 3. The van der Waals surface area contributed by atoms with Gasteiger partial charge >= 0.3 is 0 Å². The highest BCUT2D eigenvalue weighted by Gasteiger charge is 2.08. The molecule has 0 bridgehead atoms. The van der Waals surface area contributed by atoms with Crippen molar-refractivity contribution >= 4 is 0 Å². The van der Waals surface area contributed by atoms with Crippen molar-refractivity contribution in [3.8, 4) is 11.1 Å². The van der Waals surface area contributed by atoms with E-state index in [0.29, 0.717) is 0 Å². The average Bonchev–Trinajstić information content (AvgIpc) is 2.28. The molecule has 0 saturated carbocycles. The average molecular weight is 243 g/mol. The summed E-state index contributed by atoms with van der Waals surface area (Å²) in [7, 11) is 1.93. The van der Waals surface area contributed by atoms with Gasteiger partial charge in [0.15, 0.2) is 0 Å². The lowest BCUT2D eigenvalue weighted by molar-refractivity contribution is 0.625. The lowest BCUT2D eigenvalue weighted by atomic mass is 9.94. The molecular weight excluding hydrogens is 225 g/mol. The fourth-order valence-electron chi connectivity index (χ4n) is 2.41. The highest BCUT2D eigenvalue weighted by molar-refractivity contribution is 5.71. The van der Waals surface area contributed by atoms with Crippen molar-refractivity contribution in [3.63, 3.8) is 0 Å². The second-order valence-electron chi connectivity index (χ2n) is 4.65. The fraction of sp³-hybridized carbons (Fsp3) is 0.250. The van der Waals surface area contributed by atoms with Gasteiger partial charge < -0.3 is 5.32 Å². The second kappa shape index (κ2) is 5.32. The summed E-state index contributed by atoms with van der Waals surface area (Å²) in [6, 6.07) is 11.6. The van der Waals surface area contributed by atoms with Gasteiger partial charge in [0.2, 0.25) is 0 Å². The van der Waals surface area contributed by atoms with E-state index in [1.807, 2.05) is 27.0 Å². The first-order valence-electron chi connectivity index (χ1n) is 6.12. The summed E-state index contributed by atoms with van der Waals surface area (Å²) in [5, 5.41) is 3.14. The van der Waals surface area contributed by atoms with Crippen LogP contribution in [0.3, 0.4) is 0 Å². The molecule has 2 aromatic rings. The first-order chi connectivity index (χ1) is 8.61. The van der Waals surface area contributed by atoms with Gasteiger partial charge in [-0.15, -0.1) is 0 Å². The molecule has 94 valence electrons. The molecule has 0 aliphatic rings. The van der Waals surface area contributed by atoms with Crippen LogP contribution in [0.25, 0.3) is 11.1 Å². The zero-order chi connectivity index (χ0) is 13.1. The van der Waals surface area contributed by atoms with Gasteiger partial charge in [0.05, 0.1) is 0 Å². The highest BCUT2D eigenvalue weighted by atomic mass is 19.1. The van der Waals surface area contributed by atoms with Gasteiger partial charge in [-0.2, -0.15) is 0 Å². The number of hydrogen-bond acceptors (Lipinski definition) is 1. The molecule has 1 nitrogen and oxygen atoms in total. The molecule has 1 N–H and O–H groups in total. The van der Waals surface area contributed by atoms with Crippen molar-refractivity contribution < 1.29 is 4.39 Å². The summed E-state index contributed by atoms with van der Waals surface area (Å²) in [6.07, 6.45) is 0. The predicted molar refractivity (Wildman–Crippen MR) is 74.1 cm³/mol. The molecule has 2 aromatic carbocycles. The molecule has 2 heteroatoms. The van der Waals surface area contributed by atoms with Crippen LogP contribution in [-0.4, -0.2) is 7.05 Å². The molecule has 0 amide bonds. The van der Waals surface area contributed by atoms with Crippen LogP contribution in [0.4, 0.5) is 4.39 Å². The summed E-state index contributed by atoms with van der Waals surface area (Å²) in [5.41, 5.74) is 5.48. The Bertz CT molecular complexity index is 538. The number of benzene rings is 2. The fourth-order valence-corrected chi connectivity index (χ4v) is 2.41. The van der Waals surface area contributed by atoms with E-state index >= 15 is 0 Å². The molecule has 0 aromatic heterocycles. The minimum Gasteiger partial charge on any atom is -0.316 e. The van der Waals surface area contributed by atoms with Crippen LogP contribution in [0.1, 0.15) is 16.7 Å². The van der Waals surface area contributed by atoms with Crippen LogP contribution in [0.5, 0.6) is 0 Å². The van der Waals surface area contributed by atoms with E-state index in [0.717, 1.165) is 28.8 Å². The third-order valence-electron chi connectivity index (χ3n) is 3.09. The Hall–Kier alpha value is -1.67. The van der Waals surface area contributed by atoms with Crippen LogP contribution < -0.4 is 5.32 Å². The number of hydrogen-bond donors (Lipinski definition) is 1. The Labute approximate surface area is 108 Å². The molecule has 0 spiro atoms. The number of aryl methyl sites for hydroxylation is 2. The molecular formula is C16H18FN.